The fourth-order valence-corrected chi connectivity index (χ4v) is 2.59. The predicted molar refractivity (Wildman–Crippen MR) is 89.9 cm³/mol. The van der Waals surface area contributed by atoms with Crippen LogP contribution in [0.2, 0.25) is 0 Å². The number of halogens is 3. The number of ether oxygens (including phenoxy) is 2. The van der Waals surface area contributed by atoms with Gasteiger partial charge in [0, 0.05) is 6.54 Å². The summed E-state index contributed by atoms with van der Waals surface area (Å²) in [6, 6.07) is 2.62. The maximum absolute atomic E-state index is 12.9. The van der Waals surface area contributed by atoms with Crippen LogP contribution in [-0.4, -0.2) is 35.8 Å². The quantitative estimate of drug-likeness (QED) is 0.793. The van der Waals surface area contributed by atoms with E-state index in [1.54, 1.807) is 26.3 Å². The van der Waals surface area contributed by atoms with Gasteiger partial charge < -0.3 is 25.1 Å². The number of hydrogen-bond acceptors (Lipinski definition) is 5. The van der Waals surface area contributed by atoms with Gasteiger partial charge in [-0.15, -0.1) is 0 Å². The zero-order valence-corrected chi connectivity index (χ0v) is 14.9. The highest BCUT2D eigenvalue weighted by atomic mass is 19.4. The van der Waals surface area contributed by atoms with Crippen LogP contribution in [0.3, 0.4) is 0 Å². The highest BCUT2D eigenvalue weighted by Crippen LogP contribution is 2.36. The Bertz CT molecular complexity index is 644. The number of hydrogen-bond donors (Lipinski definition) is 1. The smallest absolute Gasteiger partial charge is 0.416 e. The number of rotatable bonds is 3. The minimum Gasteiger partial charge on any atom is -0.761 e. The van der Waals surface area contributed by atoms with Gasteiger partial charge in [-0.05, 0) is 51.8 Å². The number of piperidine rings is 1. The van der Waals surface area contributed by atoms with E-state index in [1.165, 1.54) is 4.90 Å². The van der Waals surface area contributed by atoms with Gasteiger partial charge in [-0.1, -0.05) is 0 Å². The number of carbonyl (C=O) groups excluding carboxylic acids is 1. The Morgan fingerprint density at radius 3 is 2.58 bits per heavy atom. The van der Waals surface area contributed by atoms with Crippen molar-refractivity contribution < 1.29 is 27.4 Å². The van der Waals surface area contributed by atoms with E-state index in [9.17, 15) is 23.2 Å². The van der Waals surface area contributed by atoms with Crippen molar-refractivity contribution >= 4 is 11.8 Å². The van der Waals surface area contributed by atoms with Crippen molar-refractivity contribution in [2.75, 3.05) is 18.6 Å². The molecule has 1 fully saturated rings. The largest absolute Gasteiger partial charge is 0.761 e. The minimum atomic E-state index is -4.55. The number of benzene rings is 1. The van der Waals surface area contributed by atoms with E-state index in [2.05, 4.69) is 0 Å². The molecule has 1 atom stereocenters. The first-order valence-electron chi connectivity index (χ1n) is 8.23. The maximum Gasteiger partial charge on any atom is 0.416 e. The fourth-order valence-electron chi connectivity index (χ4n) is 2.59. The molecule has 146 valence electrons. The molecule has 0 spiro atoms. The van der Waals surface area contributed by atoms with Crippen molar-refractivity contribution in [3.8, 4) is 5.75 Å². The van der Waals surface area contributed by atoms with Gasteiger partial charge in [-0.3, -0.25) is 0 Å². The highest BCUT2D eigenvalue weighted by Gasteiger charge is 2.32. The van der Waals surface area contributed by atoms with Crippen molar-refractivity contribution in [1.82, 2.24) is 4.90 Å². The molecule has 9 heteroatoms. The molecule has 1 saturated heterocycles. The second kappa shape index (κ2) is 7.61. The lowest BCUT2D eigenvalue weighted by Gasteiger charge is -2.34. The van der Waals surface area contributed by atoms with E-state index in [0.717, 1.165) is 18.2 Å². The minimum absolute atomic E-state index is 0.0904. The van der Waals surface area contributed by atoms with Gasteiger partial charge >= 0.3 is 12.3 Å². The van der Waals surface area contributed by atoms with Crippen LogP contribution in [0.1, 0.15) is 39.2 Å². The average molecular weight is 375 g/mol. The molecule has 0 saturated carbocycles. The van der Waals surface area contributed by atoms with Crippen LogP contribution in [0.25, 0.3) is 0 Å². The molecule has 0 unspecified atom stereocenters. The van der Waals surface area contributed by atoms with Gasteiger partial charge in [0.25, 0.3) is 0 Å². The lowest BCUT2D eigenvalue weighted by Crippen LogP contribution is -2.46. The molecule has 1 N–H and O–H groups in total. The summed E-state index contributed by atoms with van der Waals surface area (Å²) in [4.78, 5) is 13.6. The Labute approximate surface area is 149 Å². The van der Waals surface area contributed by atoms with Crippen LogP contribution in [-0.2, 0) is 10.9 Å². The molecule has 1 aromatic carbocycles. The van der Waals surface area contributed by atoms with E-state index in [0.29, 0.717) is 19.4 Å². The molecule has 1 amide bonds. The summed E-state index contributed by atoms with van der Waals surface area (Å²) in [6.45, 7) is 5.89. The van der Waals surface area contributed by atoms with Crippen LogP contribution in [0.5, 0.6) is 5.75 Å². The lowest BCUT2D eigenvalue weighted by molar-refractivity contribution is -0.137. The van der Waals surface area contributed by atoms with Crippen LogP contribution in [0.4, 0.5) is 23.7 Å². The monoisotopic (exact) mass is 375 g/mol. The molecule has 1 aromatic rings. The maximum atomic E-state index is 12.9. The molecule has 0 aliphatic carbocycles. The Kier molecular flexibility index (Phi) is 5.90. The van der Waals surface area contributed by atoms with Crippen LogP contribution in [0.15, 0.2) is 18.2 Å². The van der Waals surface area contributed by atoms with E-state index < -0.39 is 29.5 Å². The summed E-state index contributed by atoms with van der Waals surface area (Å²) < 4.78 is 49.6. The molecular formula is C17H22F3N2O4-. The fraction of sp³-hybridized carbons (Fsp3) is 0.588. The second-order valence-corrected chi connectivity index (χ2v) is 7.12. The number of nitrogens with one attached hydrogen (secondary N) is 1. The van der Waals surface area contributed by atoms with Gasteiger partial charge in [-0.25, -0.2) is 4.79 Å². The highest BCUT2D eigenvalue weighted by molar-refractivity contribution is 5.68. The van der Waals surface area contributed by atoms with Gasteiger partial charge in [-0.2, -0.15) is 13.2 Å². The van der Waals surface area contributed by atoms with E-state index in [-0.39, 0.29) is 18.0 Å². The van der Waals surface area contributed by atoms with Crippen molar-refractivity contribution in [3.63, 3.8) is 0 Å². The van der Waals surface area contributed by atoms with Crippen LogP contribution >= 0.6 is 0 Å². The second-order valence-electron chi connectivity index (χ2n) is 7.12. The topological polar surface area (TPSA) is 73.9 Å². The zero-order valence-electron chi connectivity index (χ0n) is 14.9. The summed E-state index contributed by atoms with van der Waals surface area (Å²) in [6.07, 6.45) is -4.42. The van der Waals surface area contributed by atoms with E-state index in [4.69, 9.17) is 9.47 Å². The summed E-state index contributed by atoms with van der Waals surface area (Å²) in [5.41, 5.74) is -0.0672. The summed E-state index contributed by atoms with van der Waals surface area (Å²) in [7, 11) is 0. The third-order valence-electron chi connectivity index (χ3n) is 3.74. The number of nitrogens with zero attached hydrogens (tertiary/aromatic N) is 1. The first-order chi connectivity index (χ1) is 12.0. The van der Waals surface area contributed by atoms with Gasteiger partial charge in [0.2, 0.25) is 0 Å². The predicted octanol–water partition coefficient (Wildman–Crippen LogP) is 4.39. The number of anilines is 1. The first kappa shape index (κ1) is 20.2. The number of amides is 1. The molecule has 1 aliphatic heterocycles. The Hall–Kier alpha value is -2.16. The van der Waals surface area contributed by atoms with Gasteiger partial charge in [0.15, 0.2) is 0 Å². The van der Waals surface area contributed by atoms with Crippen LogP contribution in [0, 0.1) is 5.21 Å². The summed E-state index contributed by atoms with van der Waals surface area (Å²) in [5.74, 6) is -0.189. The summed E-state index contributed by atoms with van der Waals surface area (Å²) >= 11 is 0. The van der Waals surface area contributed by atoms with Crippen LogP contribution < -0.4 is 10.2 Å². The molecule has 0 bridgehead atoms. The molecule has 0 aromatic heterocycles. The van der Waals surface area contributed by atoms with Crippen molar-refractivity contribution in [3.05, 3.63) is 29.0 Å². The average Bonchev–Trinajstić information content (AvgIpc) is 2.52. The Morgan fingerprint density at radius 2 is 2.00 bits per heavy atom. The normalized spacial score (nSPS) is 18.4. The molecule has 0 radical (unpaired) electrons. The molecule has 26 heavy (non-hydrogen) atoms. The molecule has 6 nitrogen and oxygen atoms in total. The SMILES string of the molecule is CC(C)(C)OC(=O)N1CCC[C@H](Oc2cc(C(F)(F)F)ccc2N[O-])C1. The van der Waals surface area contributed by atoms with Crippen molar-refractivity contribution in [1.29, 1.82) is 0 Å². The number of carbonyl (C=O) groups is 1. The van der Waals surface area contributed by atoms with E-state index >= 15 is 0 Å². The Morgan fingerprint density at radius 1 is 1.31 bits per heavy atom. The van der Waals surface area contributed by atoms with E-state index in [1.807, 2.05) is 0 Å². The number of likely N-dealkylation sites (tertiary alicyclic amines) is 1. The molecule has 1 heterocycles. The van der Waals surface area contributed by atoms with Crippen molar-refractivity contribution in [2.24, 2.45) is 0 Å². The Balaban J connectivity index is 2.11. The van der Waals surface area contributed by atoms with Gasteiger partial charge in [0.1, 0.15) is 17.5 Å². The molecule has 1 aliphatic rings. The third kappa shape index (κ3) is 5.42. The number of alkyl halides is 3. The van der Waals surface area contributed by atoms with Crippen molar-refractivity contribution in [2.45, 2.75) is 51.5 Å². The first-order valence-corrected chi connectivity index (χ1v) is 8.23. The third-order valence-corrected chi connectivity index (χ3v) is 3.74. The molecule has 2 rings (SSSR count). The van der Waals surface area contributed by atoms with Gasteiger partial charge in [0.05, 0.1) is 17.8 Å². The lowest BCUT2D eigenvalue weighted by atomic mass is 10.1. The summed E-state index contributed by atoms with van der Waals surface area (Å²) in [5, 5.41) is 11.0. The molecular weight excluding hydrogens is 353 g/mol. The zero-order chi connectivity index (χ0) is 19.5. The standard InChI is InChI=1S/C17H22F3N2O4/c1-16(2,3)26-15(23)22-8-4-5-12(10-22)25-14-9-11(17(18,19)20)6-7-13(14)21-24/h6-7,9,12,21H,4-5,8,10H2,1-3H3/q-1/t12-/m0/s1.